The number of ether oxygens (including phenoxy) is 2. The van der Waals surface area contributed by atoms with Gasteiger partial charge in [0.2, 0.25) is 5.88 Å². The van der Waals surface area contributed by atoms with Crippen LogP contribution in [-0.2, 0) is 4.74 Å². The topological polar surface area (TPSA) is 51.7 Å². The molecule has 1 aromatic rings. The first-order valence-electron chi connectivity index (χ1n) is 9.31. The van der Waals surface area contributed by atoms with E-state index >= 15 is 0 Å². The van der Waals surface area contributed by atoms with Crippen LogP contribution in [0.5, 0.6) is 5.88 Å². The third-order valence-corrected chi connectivity index (χ3v) is 5.27. The van der Waals surface area contributed by atoms with Gasteiger partial charge in [0.15, 0.2) is 0 Å². The Kier molecular flexibility index (Phi) is 4.69. The third kappa shape index (κ3) is 3.89. The van der Waals surface area contributed by atoms with Gasteiger partial charge in [-0.25, -0.2) is 4.98 Å². The number of carbonyl (C=O) groups excluding carboxylic acids is 1. The molecule has 1 atom stereocenters. The van der Waals surface area contributed by atoms with Gasteiger partial charge in [-0.15, -0.1) is 0 Å². The van der Waals surface area contributed by atoms with Gasteiger partial charge < -0.3 is 14.4 Å². The first kappa shape index (κ1) is 15.9. The molecular weight excluding hydrogens is 304 g/mol. The largest absolute Gasteiger partial charge is 0.474 e. The summed E-state index contributed by atoms with van der Waals surface area (Å²) in [4.78, 5) is 18.8. The molecule has 2 aliphatic carbocycles. The Hall–Kier alpha value is -1.62. The van der Waals surface area contributed by atoms with E-state index in [1.165, 1.54) is 25.7 Å². The van der Waals surface area contributed by atoms with Crippen molar-refractivity contribution in [3.8, 4) is 5.88 Å². The lowest BCUT2D eigenvalue weighted by Gasteiger charge is -2.17. The monoisotopic (exact) mass is 330 g/mol. The summed E-state index contributed by atoms with van der Waals surface area (Å²) < 4.78 is 11.8. The molecule has 3 aliphatic rings. The summed E-state index contributed by atoms with van der Waals surface area (Å²) >= 11 is 0. The third-order valence-electron chi connectivity index (χ3n) is 5.27. The highest BCUT2D eigenvalue weighted by Crippen LogP contribution is 2.30. The summed E-state index contributed by atoms with van der Waals surface area (Å²) in [6.07, 6.45) is 10.4. The van der Waals surface area contributed by atoms with E-state index in [1.807, 2.05) is 17.0 Å². The molecule has 4 rings (SSSR count). The summed E-state index contributed by atoms with van der Waals surface area (Å²) in [5.41, 5.74) is 0.636. The second-order valence-electron chi connectivity index (χ2n) is 7.35. The van der Waals surface area contributed by atoms with Crippen LogP contribution in [0.4, 0.5) is 0 Å². The van der Waals surface area contributed by atoms with Crippen molar-refractivity contribution in [2.75, 3.05) is 19.7 Å². The number of aromatic nitrogens is 1. The van der Waals surface area contributed by atoms with Crippen molar-refractivity contribution in [1.82, 2.24) is 9.88 Å². The molecule has 1 amide bonds. The van der Waals surface area contributed by atoms with Gasteiger partial charge in [-0.1, -0.05) is 0 Å². The van der Waals surface area contributed by atoms with Crippen LogP contribution in [-0.4, -0.2) is 47.7 Å². The quantitative estimate of drug-likeness (QED) is 0.804. The molecule has 24 heavy (non-hydrogen) atoms. The molecule has 0 radical (unpaired) electrons. The predicted octanol–water partition coefficient (Wildman–Crippen LogP) is 3.04. The van der Waals surface area contributed by atoms with Crippen LogP contribution in [0.3, 0.4) is 0 Å². The van der Waals surface area contributed by atoms with Crippen LogP contribution in [0, 0.1) is 5.92 Å². The summed E-state index contributed by atoms with van der Waals surface area (Å²) in [7, 11) is 0. The summed E-state index contributed by atoms with van der Waals surface area (Å²) in [6, 6.07) is 3.65. The summed E-state index contributed by atoms with van der Waals surface area (Å²) in [6.45, 7) is 2.34. The van der Waals surface area contributed by atoms with Crippen molar-refractivity contribution in [3.63, 3.8) is 0 Å². The van der Waals surface area contributed by atoms with Crippen molar-refractivity contribution < 1.29 is 14.3 Å². The SMILES string of the molecule is O=C(c1ccc(OC2CCCC2)nc1)N1CCC(OCC2CC2)C1. The number of rotatable bonds is 6. The van der Waals surface area contributed by atoms with E-state index in [4.69, 9.17) is 9.47 Å². The minimum atomic E-state index is 0.0486. The first-order valence-corrected chi connectivity index (χ1v) is 9.31. The van der Waals surface area contributed by atoms with Gasteiger partial charge in [0.1, 0.15) is 6.10 Å². The Balaban J connectivity index is 1.29. The summed E-state index contributed by atoms with van der Waals surface area (Å²) in [5, 5.41) is 0. The number of carbonyl (C=O) groups is 1. The number of pyridine rings is 1. The van der Waals surface area contributed by atoms with Crippen LogP contribution < -0.4 is 4.74 Å². The smallest absolute Gasteiger partial charge is 0.255 e. The van der Waals surface area contributed by atoms with Crippen LogP contribution >= 0.6 is 0 Å². The van der Waals surface area contributed by atoms with Crippen molar-refractivity contribution in [2.45, 2.75) is 57.2 Å². The maximum atomic E-state index is 12.6. The molecule has 5 heteroatoms. The molecule has 130 valence electrons. The summed E-state index contributed by atoms with van der Waals surface area (Å²) in [5.74, 6) is 1.45. The maximum absolute atomic E-state index is 12.6. The normalized spacial score (nSPS) is 24.5. The van der Waals surface area contributed by atoms with Crippen molar-refractivity contribution in [3.05, 3.63) is 23.9 Å². The Morgan fingerprint density at radius 3 is 2.67 bits per heavy atom. The van der Waals surface area contributed by atoms with E-state index in [-0.39, 0.29) is 12.0 Å². The molecule has 1 aromatic heterocycles. The lowest BCUT2D eigenvalue weighted by atomic mass is 10.2. The van der Waals surface area contributed by atoms with Gasteiger partial charge in [0, 0.05) is 32.0 Å². The fraction of sp³-hybridized carbons (Fsp3) is 0.684. The molecule has 0 aromatic carbocycles. The average molecular weight is 330 g/mol. The second-order valence-corrected chi connectivity index (χ2v) is 7.35. The first-order chi connectivity index (χ1) is 11.8. The van der Waals surface area contributed by atoms with E-state index in [0.29, 0.717) is 24.1 Å². The fourth-order valence-corrected chi connectivity index (χ4v) is 3.54. The van der Waals surface area contributed by atoms with E-state index in [9.17, 15) is 4.79 Å². The van der Waals surface area contributed by atoms with Crippen molar-refractivity contribution >= 4 is 5.91 Å². The highest BCUT2D eigenvalue weighted by atomic mass is 16.5. The maximum Gasteiger partial charge on any atom is 0.255 e. The number of amides is 1. The Bertz CT molecular complexity index is 564. The molecular formula is C19H26N2O3. The van der Waals surface area contributed by atoms with Gasteiger partial charge >= 0.3 is 0 Å². The molecule has 1 aliphatic heterocycles. The lowest BCUT2D eigenvalue weighted by Crippen LogP contribution is -2.30. The molecule has 2 saturated carbocycles. The standard InChI is InChI=1S/C19H26N2O3/c22-19(21-10-9-17(12-21)23-13-14-5-6-14)15-7-8-18(20-11-15)24-16-3-1-2-4-16/h7-8,11,14,16-17H,1-6,9-10,12-13H2. The van der Waals surface area contributed by atoms with Crippen LogP contribution in [0.15, 0.2) is 18.3 Å². The Labute approximate surface area is 143 Å². The molecule has 0 N–H and O–H groups in total. The number of hydrogen-bond acceptors (Lipinski definition) is 4. The fourth-order valence-electron chi connectivity index (χ4n) is 3.54. The highest BCUT2D eigenvalue weighted by Gasteiger charge is 2.30. The molecule has 1 saturated heterocycles. The van der Waals surface area contributed by atoms with E-state index in [2.05, 4.69) is 4.98 Å². The predicted molar refractivity (Wildman–Crippen MR) is 90.1 cm³/mol. The van der Waals surface area contributed by atoms with Crippen molar-refractivity contribution in [1.29, 1.82) is 0 Å². The van der Waals surface area contributed by atoms with Gasteiger partial charge in [-0.05, 0) is 56.9 Å². The van der Waals surface area contributed by atoms with Crippen LogP contribution in [0.25, 0.3) is 0 Å². The molecule has 0 bridgehead atoms. The Morgan fingerprint density at radius 2 is 1.96 bits per heavy atom. The van der Waals surface area contributed by atoms with Crippen LogP contribution in [0.2, 0.25) is 0 Å². The van der Waals surface area contributed by atoms with E-state index in [0.717, 1.165) is 38.3 Å². The van der Waals surface area contributed by atoms with E-state index < -0.39 is 0 Å². The van der Waals surface area contributed by atoms with Crippen LogP contribution in [0.1, 0.15) is 55.3 Å². The molecule has 0 spiro atoms. The zero-order valence-electron chi connectivity index (χ0n) is 14.2. The average Bonchev–Trinajstić information content (AvgIpc) is 3.09. The van der Waals surface area contributed by atoms with Gasteiger partial charge in [0.05, 0.1) is 11.7 Å². The number of hydrogen-bond donors (Lipinski definition) is 0. The van der Waals surface area contributed by atoms with Gasteiger partial charge in [-0.2, -0.15) is 0 Å². The van der Waals surface area contributed by atoms with Gasteiger partial charge in [0.25, 0.3) is 5.91 Å². The molecule has 3 fully saturated rings. The molecule has 2 heterocycles. The minimum Gasteiger partial charge on any atom is -0.474 e. The lowest BCUT2D eigenvalue weighted by molar-refractivity contribution is 0.0480. The zero-order chi connectivity index (χ0) is 16.4. The number of likely N-dealkylation sites (tertiary alicyclic amines) is 1. The Morgan fingerprint density at radius 1 is 1.12 bits per heavy atom. The second kappa shape index (κ2) is 7.09. The minimum absolute atomic E-state index is 0.0486. The molecule has 5 nitrogen and oxygen atoms in total. The van der Waals surface area contributed by atoms with E-state index in [1.54, 1.807) is 6.20 Å². The highest BCUT2D eigenvalue weighted by molar-refractivity contribution is 5.94. The van der Waals surface area contributed by atoms with Crippen molar-refractivity contribution in [2.24, 2.45) is 5.92 Å². The number of nitrogens with zero attached hydrogens (tertiary/aromatic N) is 2. The molecule has 1 unspecified atom stereocenters. The van der Waals surface area contributed by atoms with Gasteiger partial charge in [-0.3, -0.25) is 4.79 Å². The zero-order valence-corrected chi connectivity index (χ0v) is 14.2.